The first-order valence-electron chi connectivity index (χ1n) is 17.3. The molecule has 0 bridgehead atoms. The van der Waals surface area contributed by atoms with Crippen LogP contribution in [-0.4, -0.2) is 74.7 Å². The number of carbonyl (C=O) groups excluding carboxylic acids is 2. The van der Waals surface area contributed by atoms with E-state index in [9.17, 15) is 22.8 Å². The van der Waals surface area contributed by atoms with Crippen LogP contribution in [0.25, 0.3) is 0 Å². The van der Waals surface area contributed by atoms with Crippen molar-refractivity contribution in [3.05, 3.63) is 78.4 Å². The lowest BCUT2D eigenvalue weighted by atomic mass is 9.79. The molecule has 0 aromatic heterocycles. The fourth-order valence-corrected chi connectivity index (χ4v) is 8.80. The number of sulfone groups is 1. The number of fused-ring (bicyclic) bond motifs is 1. The van der Waals surface area contributed by atoms with Crippen molar-refractivity contribution in [2.45, 2.75) is 75.1 Å². The lowest BCUT2D eigenvalue weighted by molar-refractivity contribution is -0.138. The molecule has 1 aliphatic heterocycles. The Labute approximate surface area is 306 Å². The van der Waals surface area contributed by atoms with E-state index in [0.717, 1.165) is 44.2 Å². The first-order valence-corrected chi connectivity index (χ1v) is 20.2. The number of carbonyl (C=O) groups is 3. The zero-order valence-corrected chi connectivity index (χ0v) is 31.5. The van der Waals surface area contributed by atoms with Crippen LogP contribution in [0.4, 0.5) is 11.4 Å². The van der Waals surface area contributed by atoms with Gasteiger partial charge in [0.05, 0.1) is 21.2 Å². The van der Waals surface area contributed by atoms with Gasteiger partial charge >= 0.3 is 5.97 Å². The van der Waals surface area contributed by atoms with Gasteiger partial charge in [-0.1, -0.05) is 88.1 Å². The van der Waals surface area contributed by atoms with E-state index in [1.165, 1.54) is 17.8 Å². The number of anilines is 2. The number of aliphatic carboxylic acids is 1. The predicted molar refractivity (Wildman–Crippen MR) is 201 cm³/mol. The van der Waals surface area contributed by atoms with Gasteiger partial charge in [-0.25, -0.2) is 8.42 Å². The molecule has 0 spiro atoms. The number of hydrogen-bond donors (Lipinski definition) is 4. The molecule has 11 nitrogen and oxygen atoms in total. The molecular weight excluding hydrogens is 691 g/mol. The monoisotopic (exact) mass is 741 g/mol. The van der Waals surface area contributed by atoms with Crippen molar-refractivity contribution >= 4 is 50.8 Å². The molecule has 2 amide bonds. The standard InChI is InChI=1S/C36H45N3O7S2.C2H6O/c1-4-6-18-36(19-7-5-2)24-39(27-16-12-9-13-17-27)28-20-30(47-3)29(21-31(28)48(44,45)25-36)46-23-32(40)38-34(26-14-10-8-11-15-26)35(43)37-22-33(41)42;1-2-3/h8-17,20-21,34H,4-7,18-19,22-25H2,1-3H3,(H,37,43)(H,38,40)(H,41,42);3H,2H2,1H3/t34-;/m1./s1. The number of para-hydroxylation sites is 1. The molecule has 0 aliphatic carbocycles. The number of thioether (sulfide) groups is 1. The third kappa shape index (κ3) is 11.7. The largest absolute Gasteiger partial charge is 0.483 e. The quantitative estimate of drug-likeness (QED) is 0.126. The first kappa shape index (κ1) is 41.4. The Bertz CT molecular complexity index is 1680. The average molecular weight is 742 g/mol. The molecule has 278 valence electrons. The van der Waals surface area contributed by atoms with Gasteiger partial charge in [0.25, 0.3) is 5.91 Å². The van der Waals surface area contributed by atoms with Gasteiger partial charge < -0.3 is 30.5 Å². The smallest absolute Gasteiger partial charge is 0.322 e. The third-order valence-corrected chi connectivity index (χ3v) is 11.3. The van der Waals surface area contributed by atoms with Crippen LogP contribution in [0.15, 0.2) is 82.6 Å². The van der Waals surface area contributed by atoms with E-state index in [1.54, 1.807) is 37.3 Å². The van der Waals surface area contributed by atoms with E-state index in [1.807, 2.05) is 42.7 Å². The van der Waals surface area contributed by atoms with E-state index < -0.39 is 52.2 Å². The fraction of sp³-hybridized carbons (Fsp3) is 0.447. The summed E-state index contributed by atoms with van der Waals surface area (Å²) in [7, 11) is -3.79. The van der Waals surface area contributed by atoms with Crippen LogP contribution >= 0.6 is 11.8 Å². The van der Waals surface area contributed by atoms with Crippen LogP contribution in [0.1, 0.15) is 70.9 Å². The molecule has 4 rings (SSSR count). The van der Waals surface area contributed by atoms with Crippen LogP contribution in [0.2, 0.25) is 0 Å². The normalized spacial score (nSPS) is 14.9. The number of nitrogens with zero attached hydrogens (tertiary/aromatic N) is 1. The number of ether oxygens (including phenoxy) is 1. The molecule has 3 aromatic rings. The van der Waals surface area contributed by atoms with Gasteiger partial charge in [-0.15, -0.1) is 11.8 Å². The predicted octanol–water partition coefficient (Wildman–Crippen LogP) is 6.14. The summed E-state index contributed by atoms with van der Waals surface area (Å²) >= 11 is 1.38. The van der Waals surface area contributed by atoms with E-state index in [0.29, 0.717) is 22.7 Å². The molecule has 1 aliphatic rings. The number of unbranched alkanes of at least 4 members (excludes halogenated alkanes) is 2. The summed E-state index contributed by atoms with van der Waals surface area (Å²) in [6.45, 7) is 5.63. The summed E-state index contributed by atoms with van der Waals surface area (Å²) in [4.78, 5) is 40.0. The molecule has 0 radical (unpaired) electrons. The second kappa shape index (κ2) is 20.1. The van der Waals surface area contributed by atoms with Crippen LogP contribution in [0.5, 0.6) is 5.75 Å². The maximum atomic E-state index is 14.3. The maximum absolute atomic E-state index is 14.3. The molecule has 1 heterocycles. The van der Waals surface area contributed by atoms with Crippen molar-refractivity contribution in [3.63, 3.8) is 0 Å². The van der Waals surface area contributed by atoms with Crippen molar-refractivity contribution in [1.82, 2.24) is 10.6 Å². The number of nitrogens with one attached hydrogen (secondary N) is 2. The Morgan fingerprint density at radius 2 is 1.55 bits per heavy atom. The van der Waals surface area contributed by atoms with Crippen LogP contribution in [-0.2, 0) is 24.2 Å². The minimum atomic E-state index is -3.79. The zero-order valence-electron chi connectivity index (χ0n) is 29.9. The minimum Gasteiger partial charge on any atom is -0.483 e. The van der Waals surface area contributed by atoms with Crippen LogP contribution < -0.4 is 20.3 Å². The summed E-state index contributed by atoms with van der Waals surface area (Å²) in [5.74, 6) is -2.28. The molecule has 0 saturated carbocycles. The third-order valence-electron chi connectivity index (χ3n) is 8.52. The van der Waals surface area contributed by atoms with Crippen LogP contribution in [0.3, 0.4) is 0 Å². The Kier molecular flexibility index (Phi) is 16.3. The fourth-order valence-electron chi connectivity index (χ4n) is 6.14. The molecule has 51 heavy (non-hydrogen) atoms. The summed E-state index contributed by atoms with van der Waals surface area (Å²) in [6, 6.07) is 20.5. The number of rotatable bonds is 16. The van der Waals surface area contributed by atoms with Crippen molar-refractivity contribution in [1.29, 1.82) is 0 Å². The second-order valence-corrected chi connectivity index (χ2v) is 15.3. The highest BCUT2D eigenvalue weighted by Crippen LogP contribution is 2.47. The lowest BCUT2D eigenvalue weighted by Gasteiger charge is -2.37. The molecule has 0 unspecified atom stereocenters. The Hall–Kier alpha value is -4.07. The van der Waals surface area contributed by atoms with E-state index in [-0.39, 0.29) is 23.0 Å². The minimum absolute atomic E-state index is 0.0130. The first-order chi connectivity index (χ1) is 24.4. The average Bonchev–Trinajstić information content (AvgIpc) is 3.22. The SMILES string of the molecule is CCCCC1(CCCC)CN(c2ccccc2)c2cc(SC)c(OCC(=O)N[C@@H](C(=O)NCC(=O)O)c3ccccc3)cc2S(=O)(=O)C1.CCO. The van der Waals surface area contributed by atoms with E-state index in [2.05, 4.69) is 29.4 Å². The van der Waals surface area contributed by atoms with Gasteiger partial charge in [-0.3, -0.25) is 14.4 Å². The van der Waals surface area contributed by atoms with Crippen molar-refractivity contribution in [2.75, 3.05) is 43.2 Å². The number of carboxylic acids is 1. The molecule has 13 heteroatoms. The second-order valence-electron chi connectivity index (χ2n) is 12.5. The molecule has 1 atom stereocenters. The molecule has 0 saturated heterocycles. The Balaban J connectivity index is 0.00000226. The number of carboxylic acid groups (broad SMARTS) is 1. The highest BCUT2D eigenvalue weighted by Gasteiger charge is 2.42. The summed E-state index contributed by atoms with van der Waals surface area (Å²) < 4.78 is 34.7. The van der Waals surface area contributed by atoms with Crippen molar-refractivity contribution < 1.29 is 37.8 Å². The highest BCUT2D eigenvalue weighted by atomic mass is 32.2. The Morgan fingerprint density at radius 1 is 0.961 bits per heavy atom. The van der Waals surface area contributed by atoms with E-state index >= 15 is 0 Å². The van der Waals surface area contributed by atoms with Crippen LogP contribution in [0, 0.1) is 5.41 Å². The van der Waals surface area contributed by atoms with Crippen molar-refractivity contribution in [2.24, 2.45) is 5.41 Å². The highest BCUT2D eigenvalue weighted by molar-refractivity contribution is 7.98. The summed E-state index contributed by atoms with van der Waals surface area (Å²) in [6.07, 6.45) is 7.23. The number of aliphatic hydroxyl groups excluding tert-OH is 1. The molecule has 3 aromatic carbocycles. The summed E-state index contributed by atoms with van der Waals surface area (Å²) in [5, 5.41) is 21.5. The summed E-state index contributed by atoms with van der Waals surface area (Å²) in [5.41, 5.74) is 1.50. The van der Waals surface area contributed by atoms with Gasteiger partial charge in [-0.2, -0.15) is 0 Å². The van der Waals surface area contributed by atoms with Gasteiger partial charge in [0, 0.05) is 30.3 Å². The lowest BCUT2D eigenvalue weighted by Crippen LogP contribution is -2.43. The van der Waals surface area contributed by atoms with E-state index in [4.69, 9.17) is 14.9 Å². The van der Waals surface area contributed by atoms with Gasteiger partial charge in [-0.05, 0) is 49.8 Å². The molecule has 4 N–H and O–H groups in total. The maximum Gasteiger partial charge on any atom is 0.322 e. The Morgan fingerprint density at radius 3 is 2.10 bits per heavy atom. The van der Waals surface area contributed by atoms with Crippen molar-refractivity contribution in [3.8, 4) is 5.75 Å². The zero-order chi connectivity index (χ0) is 37.4. The molecule has 0 fully saturated rings. The van der Waals surface area contributed by atoms with Gasteiger partial charge in [0.2, 0.25) is 5.91 Å². The number of benzene rings is 3. The number of amides is 2. The number of hydrogen-bond acceptors (Lipinski definition) is 9. The number of aliphatic hydroxyl groups is 1. The molecular formula is C38H51N3O8S2. The topological polar surface area (TPSA) is 162 Å². The van der Waals surface area contributed by atoms with Gasteiger partial charge in [0.15, 0.2) is 16.4 Å². The van der Waals surface area contributed by atoms with Gasteiger partial charge in [0.1, 0.15) is 18.3 Å².